The summed E-state index contributed by atoms with van der Waals surface area (Å²) in [5.74, 6) is -0.906. The maximum absolute atomic E-state index is 13.3. The zero-order valence-electron chi connectivity index (χ0n) is 15.3. The molecule has 144 valence electrons. The first-order chi connectivity index (χ1) is 13.5. The van der Waals surface area contributed by atoms with Crippen LogP contribution in [-0.4, -0.2) is 24.7 Å². The number of thioether (sulfide) groups is 1. The first-order valence-corrected chi connectivity index (χ1v) is 10.2. The van der Waals surface area contributed by atoms with Gasteiger partial charge in [0.1, 0.15) is 16.4 Å². The Morgan fingerprint density at radius 3 is 2.43 bits per heavy atom. The lowest BCUT2D eigenvalue weighted by Gasteiger charge is -2.08. The van der Waals surface area contributed by atoms with Crippen LogP contribution in [0.2, 0.25) is 0 Å². The number of aryl methyl sites for hydroxylation is 1. The summed E-state index contributed by atoms with van der Waals surface area (Å²) < 4.78 is 18.2. The van der Waals surface area contributed by atoms with Gasteiger partial charge < -0.3 is 10.1 Å². The molecule has 0 aliphatic heterocycles. The molecule has 1 aromatic heterocycles. The van der Waals surface area contributed by atoms with Crippen molar-refractivity contribution in [3.8, 4) is 11.1 Å². The van der Waals surface area contributed by atoms with Gasteiger partial charge in [0.25, 0.3) is 0 Å². The molecule has 0 saturated heterocycles. The second kappa shape index (κ2) is 9.03. The highest BCUT2D eigenvalue weighted by atomic mass is 32.2. The number of hydrogen-bond donors (Lipinski definition) is 1. The number of benzene rings is 2. The Kier molecular flexibility index (Phi) is 6.49. The van der Waals surface area contributed by atoms with Gasteiger partial charge in [-0.25, -0.2) is 9.18 Å². The van der Waals surface area contributed by atoms with Crippen molar-refractivity contribution in [2.75, 3.05) is 18.2 Å². The molecule has 2 aromatic carbocycles. The summed E-state index contributed by atoms with van der Waals surface area (Å²) in [6.45, 7) is 1.85. The molecule has 1 heterocycles. The van der Waals surface area contributed by atoms with Gasteiger partial charge in [-0.2, -0.15) is 0 Å². The second-order valence-corrected chi connectivity index (χ2v) is 8.16. The van der Waals surface area contributed by atoms with E-state index in [1.165, 1.54) is 42.3 Å². The Bertz CT molecular complexity index is 985. The number of hydrogen-bond acceptors (Lipinski definition) is 5. The summed E-state index contributed by atoms with van der Waals surface area (Å²) in [6, 6.07) is 15.5. The van der Waals surface area contributed by atoms with Crippen molar-refractivity contribution in [1.82, 2.24) is 0 Å². The SMILES string of the molecule is COC(=O)c1c(NC(=O)CSc2ccccc2)sc(C)c1-c1ccc(F)cc1. The van der Waals surface area contributed by atoms with Crippen molar-refractivity contribution in [2.24, 2.45) is 0 Å². The molecule has 28 heavy (non-hydrogen) atoms. The van der Waals surface area contributed by atoms with Crippen LogP contribution in [0.3, 0.4) is 0 Å². The van der Waals surface area contributed by atoms with Crippen molar-refractivity contribution >= 4 is 40.0 Å². The normalized spacial score (nSPS) is 10.5. The molecule has 1 amide bonds. The van der Waals surface area contributed by atoms with Crippen LogP contribution >= 0.6 is 23.1 Å². The molecule has 4 nitrogen and oxygen atoms in total. The number of esters is 1. The number of rotatable bonds is 6. The summed E-state index contributed by atoms with van der Waals surface area (Å²) >= 11 is 2.71. The highest BCUT2D eigenvalue weighted by Gasteiger charge is 2.25. The molecule has 0 spiro atoms. The molecule has 3 aromatic rings. The minimum atomic E-state index is -0.547. The van der Waals surface area contributed by atoms with E-state index < -0.39 is 5.97 Å². The lowest BCUT2D eigenvalue weighted by molar-refractivity contribution is -0.113. The van der Waals surface area contributed by atoms with E-state index in [-0.39, 0.29) is 23.0 Å². The molecule has 0 aliphatic carbocycles. The van der Waals surface area contributed by atoms with Crippen molar-refractivity contribution < 1.29 is 18.7 Å². The predicted octanol–water partition coefficient (Wildman–Crippen LogP) is 5.38. The molecule has 0 bridgehead atoms. The monoisotopic (exact) mass is 415 g/mol. The number of carbonyl (C=O) groups excluding carboxylic acids is 2. The van der Waals surface area contributed by atoms with Gasteiger partial charge in [-0.1, -0.05) is 30.3 Å². The molecule has 0 saturated carbocycles. The molecule has 1 N–H and O–H groups in total. The van der Waals surface area contributed by atoms with Crippen LogP contribution in [0.15, 0.2) is 59.5 Å². The zero-order chi connectivity index (χ0) is 20.1. The van der Waals surface area contributed by atoms with Crippen molar-refractivity contribution in [2.45, 2.75) is 11.8 Å². The van der Waals surface area contributed by atoms with Gasteiger partial charge >= 0.3 is 5.97 Å². The summed E-state index contributed by atoms with van der Waals surface area (Å²) in [5, 5.41) is 3.25. The second-order valence-electron chi connectivity index (χ2n) is 5.89. The van der Waals surface area contributed by atoms with E-state index in [4.69, 9.17) is 4.74 Å². The Hall–Kier alpha value is -2.64. The summed E-state index contributed by atoms with van der Waals surface area (Å²) in [6.07, 6.45) is 0. The van der Waals surface area contributed by atoms with Crippen LogP contribution in [0.5, 0.6) is 0 Å². The van der Waals surface area contributed by atoms with E-state index in [9.17, 15) is 14.0 Å². The average molecular weight is 416 g/mol. The predicted molar refractivity (Wildman–Crippen MR) is 112 cm³/mol. The smallest absolute Gasteiger partial charge is 0.341 e. The van der Waals surface area contributed by atoms with Gasteiger partial charge in [-0.3, -0.25) is 4.79 Å². The molecule has 0 atom stereocenters. The third kappa shape index (κ3) is 4.61. The van der Waals surface area contributed by atoms with E-state index in [1.54, 1.807) is 12.1 Å². The Labute approximate surface area is 170 Å². The minimum Gasteiger partial charge on any atom is -0.465 e. The van der Waals surface area contributed by atoms with E-state index in [2.05, 4.69) is 5.32 Å². The largest absolute Gasteiger partial charge is 0.465 e. The molecule has 0 radical (unpaired) electrons. The Morgan fingerprint density at radius 2 is 1.79 bits per heavy atom. The lowest BCUT2D eigenvalue weighted by Crippen LogP contribution is -2.16. The number of carbonyl (C=O) groups is 2. The molecule has 3 rings (SSSR count). The van der Waals surface area contributed by atoms with Crippen LogP contribution in [0.4, 0.5) is 9.39 Å². The van der Waals surface area contributed by atoms with Crippen LogP contribution < -0.4 is 5.32 Å². The van der Waals surface area contributed by atoms with Crippen LogP contribution in [0.1, 0.15) is 15.2 Å². The van der Waals surface area contributed by atoms with E-state index in [0.29, 0.717) is 16.1 Å². The summed E-state index contributed by atoms with van der Waals surface area (Å²) in [5.41, 5.74) is 1.62. The quantitative estimate of drug-likeness (QED) is 0.434. The topological polar surface area (TPSA) is 55.4 Å². The molecule has 0 fully saturated rings. The minimum absolute atomic E-state index is 0.216. The number of methoxy groups -OCH3 is 1. The molecule has 0 aliphatic rings. The van der Waals surface area contributed by atoms with Gasteiger partial charge in [0.05, 0.1) is 12.9 Å². The van der Waals surface area contributed by atoms with Crippen molar-refractivity contribution in [1.29, 1.82) is 0 Å². The maximum atomic E-state index is 13.3. The van der Waals surface area contributed by atoms with Gasteiger partial charge in [0, 0.05) is 15.3 Å². The Morgan fingerprint density at radius 1 is 1.11 bits per heavy atom. The molecular weight excluding hydrogens is 397 g/mol. The number of halogens is 1. The number of ether oxygens (including phenoxy) is 1. The van der Waals surface area contributed by atoms with Gasteiger partial charge in [0.15, 0.2) is 0 Å². The van der Waals surface area contributed by atoms with Gasteiger partial charge in [-0.05, 0) is 36.8 Å². The zero-order valence-corrected chi connectivity index (χ0v) is 17.0. The molecular formula is C21H18FNO3S2. The lowest BCUT2D eigenvalue weighted by atomic mass is 10.0. The van der Waals surface area contributed by atoms with Gasteiger partial charge in [-0.15, -0.1) is 23.1 Å². The van der Waals surface area contributed by atoms with Crippen molar-refractivity contribution in [3.05, 3.63) is 70.9 Å². The fourth-order valence-corrected chi connectivity index (χ4v) is 4.52. The molecule has 7 heteroatoms. The number of amides is 1. The summed E-state index contributed by atoms with van der Waals surface area (Å²) in [4.78, 5) is 26.7. The fraction of sp³-hybridized carbons (Fsp3) is 0.143. The Balaban J connectivity index is 1.86. The van der Waals surface area contributed by atoms with Crippen LogP contribution in [0, 0.1) is 12.7 Å². The standard InChI is InChI=1S/C21H18FNO3S2/c1-13-18(14-8-10-15(22)11-9-14)19(21(25)26-2)20(28-13)23-17(24)12-27-16-6-4-3-5-7-16/h3-11H,12H2,1-2H3,(H,23,24). The van der Waals surface area contributed by atoms with Crippen LogP contribution in [0.25, 0.3) is 11.1 Å². The number of thiophene rings is 1. The average Bonchev–Trinajstić information content (AvgIpc) is 3.02. The third-order valence-corrected chi connectivity index (χ3v) is 6.01. The van der Waals surface area contributed by atoms with E-state index >= 15 is 0 Å². The summed E-state index contributed by atoms with van der Waals surface area (Å²) in [7, 11) is 1.29. The highest BCUT2D eigenvalue weighted by molar-refractivity contribution is 8.00. The third-order valence-electron chi connectivity index (χ3n) is 3.97. The molecule has 0 unspecified atom stereocenters. The first kappa shape index (κ1) is 20.1. The first-order valence-electron chi connectivity index (χ1n) is 8.45. The maximum Gasteiger partial charge on any atom is 0.341 e. The van der Waals surface area contributed by atoms with E-state index in [0.717, 1.165) is 9.77 Å². The number of anilines is 1. The fourth-order valence-electron chi connectivity index (χ4n) is 2.72. The van der Waals surface area contributed by atoms with Crippen LogP contribution in [-0.2, 0) is 9.53 Å². The number of nitrogens with one attached hydrogen (secondary N) is 1. The van der Waals surface area contributed by atoms with E-state index in [1.807, 2.05) is 37.3 Å². The highest BCUT2D eigenvalue weighted by Crippen LogP contribution is 2.40. The van der Waals surface area contributed by atoms with Crippen molar-refractivity contribution in [3.63, 3.8) is 0 Å². The van der Waals surface area contributed by atoms with Gasteiger partial charge in [0.2, 0.25) is 5.91 Å².